The van der Waals surface area contributed by atoms with Crippen LogP contribution in [0, 0.1) is 6.92 Å². The average molecular weight is 246 g/mol. The second-order valence-electron chi connectivity index (χ2n) is 4.89. The van der Waals surface area contributed by atoms with Gasteiger partial charge in [-0.3, -0.25) is 4.68 Å². The Morgan fingerprint density at radius 1 is 1.44 bits per heavy atom. The molecule has 0 atom stereocenters. The minimum atomic E-state index is 0.689. The van der Waals surface area contributed by atoms with Crippen LogP contribution in [0.1, 0.15) is 30.1 Å². The summed E-state index contributed by atoms with van der Waals surface area (Å²) in [4.78, 5) is 4.31. The summed E-state index contributed by atoms with van der Waals surface area (Å²) in [5, 5.41) is 12.1. The zero-order chi connectivity index (χ0) is 12.5. The maximum absolute atomic E-state index is 4.35. The monoisotopic (exact) mass is 246 g/mol. The smallest absolute Gasteiger partial charge is 0.141 e. The molecule has 6 nitrogen and oxygen atoms in total. The lowest BCUT2D eigenvalue weighted by Gasteiger charge is -2.07. The standard InChI is InChI=1S/C12H18N6/c1-9-5-11(17(2)16-9)7-18-12(14-8-15-18)6-13-10-3-4-10/h5,8,10,13H,3-4,6-7H2,1-2H3. The first-order valence-electron chi connectivity index (χ1n) is 6.32. The van der Waals surface area contributed by atoms with Gasteiger partial charge in [0.2, 0.25) is 0 Å². The van der Waals surface area contributed by atoms with Gasteiger partial charge in [0.1, 0.15) is 12.2 Å². The molecule has 0 bridgehead atoms. The van der Waals surface area contributed by atoms with Gasteiger partial charge >= 0.3 is 0 Å². The summed E-state index contributed by atoms with van der Waals surface area (Å²) in [5.41, 5.74) is 2.18. The molecule has 0 radical (unpaired) electrons. The summed E-state index contributed by atoms with van der Waals surface area (Å²) in [6.07, 6.45) is 4.19. The van der Waals surface area contributed by atoms with Crippen molar-refractivity contribution in [3.8, 4) is 0 Å². The highest BCUT2D eigenvalue weighted by molar-refractivity contribution is 5.09. The summed E-state index contributed by atoms with van der Waals surface area (Å²) in [7, 11) is 1.96. The number of hydrogen-bond donors (Lipinski definition) is 1. The molecular formula is C12H18N6. The second-order valence-corrected chi connectivity index (χ2v) is 4.89. The Bertz CT molecular complexity index is 537. The highest BCUT2D eigenvalue weighted by Gasteiger charge is 2.21. The molecule has 0 aromatic carbocycles. The molecule has 2 aromatic heterocycles. The molecule has 0 aliphatic heterocycles. The van der Waals surface area contributed by atoms with Crippen molar-refractivity contribution in [1.29, 1.82) is 0 Å². The fraction of sp³-hybridized carbons (Fsp3) is 0.583. The van der Waals surface area contributed by atoms with Crippen molar-refractivity contribution in [3.63, 3.8) is 0 Å². The van der Waals surface area contributed by atoms with Crippen LogP contribution >= 0.6 is 0 Å². The summed E-state index contributed by atoms with van der Waals surface area (Å²) in [5.74, 6) is 0.987. The molecule has 1 saturated carbocycles. The third-order valence-corrected chi connectivity index (χ3v) is 3.23. The van der Waals surface area contributed by atoms with E-state index in [1.165, 1.54) is 12.8 Å². The Morgan fingerprint density at radius 2 is 2.28 bits per heavy atom. The van der Waals surface area contributed by atoms with Crippen LogP contribution in [0.4, 0.5) is 0 Å². The Kier molecular flexibility index (Phi) is 2.87. The maximum Gasteiger partial charge on any atom is 0.141 e. The van der Waals surface area contributed by atoms with Gasteiger partial charge in [-0.15, -0.1) is 0 Å². The number of rotatable bonds is 5. The number of nitrogens with one attached hydrogen (secondary N) is 1. The molecule has 0 amide bonds. The molecule has 6 heteroatoms. The van der Waals surface area contributed by atoms with Gasteiger partial charge in [-0.05, 0) is 25.8 Å². The summed E-state index contributed by atoms with van der Waals surface area (Å²) in [6.45, 7) is 3.51. The normalized spacial score (nSPS) is 15.2. The first-order chi connectivity index (χ1) is 8.72. The van der Waals surface area contributed by atoms with E-state index in [2.05, 4.69) is 26.6 Å². The lowest BCUT2D eigenvalue weighted by atomic mass is 10.3. The molecule has 96 valence electrons. The fourth-order valence-electron chi connectivity index (χ4n) is 2.05. The van der Waals surface area contributed by atoms with Crippen molar-refractivity contribution in [2.75, 3.05) is 0 Å². The van der Waals surface area contributed by atoms with E-state index in [-0.39, 0.29) is 0 Å². The zero-order valence-corrected chi connectivity index (χ0v) is 10.8. The van der Waals surface area contributed by atoms with Crippen LogP contribution in [-0.2, 0) is 20.1 Å². The van der Waals surface area contributed by atoms with Crippen molar-refractivity contribution in [3.05, 3.63) is 29.6 Å². The number of aromatic nitrogens is 5. The van der Waals surface area contributed by atoms with Crippen LogP contribution in [-0.4, -0.2) is 30.6 Å². The predicted molar refractivity (Wildman–Crippen MR) is 66.9 cm³/mol. The van der Waals surface area contributed by atoms with Gasteiger partial charge < -0.3 is 5.32 Å². The predicted octanol–water partition coefficient (Wildman–Crippen LogP) is 0.620. The molecule has 18 heavy (non-hydrogen) atoms. The zero-order valence-electron chi connectivity index (χ0n) is 10.8. The first kappa shape index (κ1) is 11.4. The highest BCUT2D eigenvalue weighted by Crippen LogP contribution is 2.19. The molecule has 2 heterocycles. The van der Waals surface area contributed by atoms with Crippen molar-refractivity contribution in [1.82, 2.24) is 29.9 Å². The van der Waals surface area contributed by atoms with Crippen LogP contribution in [0.5, 0.6) is 0 Å². The van der Waals surface area contributed by atoms with E-state index >= 15 is 0 Å². The molecule has 0 unspecified atom stereocenters. The largest absolute Gasteiger partial charge is 0.307 e. The molecule has 1 aliphatic carbocycles. The van der Waals surface area contributed by atoms with Crippen molar-refractivity contribution < 1.29 is 0 Å². The molecule has 3 rings (SSSR count). The van der Waals surface area contributed by atoms with Gasteiger partial charge in [-0.25, -0.2) is 9.67 Å². The molecule has 1 fully saturated rings. The van der Waals surface area contributed by atoms with E-state index in [4.69, 9.17) is 0 Å². The van der Waals surface area contributed by atoms with Crippen LogP contribution in [0.25, 0.3) is 0 Å². The van der Waals surface area contributed by atoms with E-state index in [1.807, 2.05) is 23.3 Å². The van der Waals surface area contributed by atoms with Gasteiger partial charge in [0.15, 0.2) is 0 Å². The van der Waals surface area contributed by atoms with Crippen molar-refractivity contribution in [2.45, 2.75) is 38.9 Å². The van der Waals surface area contributed by atoms with Gasteiger partial charge in [0.05, 0.1) is 24.5 Å². The van der Waals surface area contributed by atoms with E-state index in [0.717, 1.165) is 30.3 Å². The SMILES string of the molecule is Cc1cc(Cn2ncnc2CNC2CC2)n(C)n1. The third-order valence-electron chi connectivity index (χ3n) is 3.23. The third kappa shape index (κ3) is 2.43. The van der Waals surface area contributed by atoms with Crippen LogP contribution < -0.4 is 5.32 Å². The Morgan fingerprint density at radius 3 is 2.94 bits per heavy atom. The van der Waals surface area contributed by atoms with Gasteiger partial charge in [-0.1, -0.05) is 0 Å². The lowest BCUT2D eigenvalue weighted by Crippen LogP contribution is -2.20. The lowest BCUT2D eigenvalue weighted by molar-refractivity contribution is 0.561. The molecule has 2 aromatic rings. The second kappa shape index (κ2) is 4.53. The summed E-state index contributed by atoms with van der Waals surface area (Å²) < 4.78 is 3.83. The maximum atomic E-state index is 4.35. The van der Waals surface area contributed by atoms with Crippen LogP contribution in [0.15, 0.2) is 12.4 Å². The minimum absolute atomic E-state index is 0.689. The number of nitrogens with zero attached hydrogens (tertiary/aromatic N) is 5. The number of aryl methyl sites for hydroxylation is 2. The summed E-state index contributed by atoms with van der Waals surface area (Å²) in [6, 6.07) is 2.77. The topological polar surface area (TPSA) is 60.6 Å². The average Bonchev–Trinajstić information content (AvgIpc) is 2.97. The molecule has 0 saturated heterocycles. The van der Waals surface area contributed by atoms with Gasteiger partial charge in [-0.2, -0.15) is 10.2 Å². The Balaban J connectivity index is 1.71. The molecule has 1 N–H and O–H groups in total. The van der Waals surface area contributed by atoms with Crippen molar-refractivity contribution >= 4 is 0 Å². The van der Waals surface area contributed by atoms with Gasteiger partial charge in [0.25, 0.3) is 0 Å². The van der Waals surface area contributed by atoms with E-state index in [0.29, 0.717) is 6.04 Å². The highest BCUT2D eigenvalue weighted by atomic mass is 15.4. The first-order valence-corrected chi connectivity index (χ1v) is 6.32. The Labute approximate surface area is 106 Å². The van der Waals surface area contributed by atoms with Gasteiger partial charge in [0, 0.05) is 13.1 Å². The summed E-state index contributed by atoms with van der Waals surface area (Å²) >= 11 is 0. The molecule has 0 spiro atoms. The van der Waals surface area contributed by atoms with Crippen LogP contribution in [0.3, 0.4) is 0 Å². The molecular weight excluding hydrogens is 228 g/mol. The number of hydrogen-bond acceptors (Lipinski definition) is 4. The van der Waals surface area contributed by atoms with Crippen LogP contribution in [0.2, 0.25) is 0 Å². The van der Waals surface area contributed by atoms with E-state index in [1.54, 1.807) is 6.33 Å². The van der Waals surface area contributed by atoms with E-state index in [9.17, 15) is 0 Å². The van der Waals surface area contributed by atoms with Crippen molar-refractivity contribution in [2.24, 2.45) is 7.05 Å². The van der Waals surface area contributed by atoms with E-state index < -0.39 is 0 Å². The molecule has 1 aliphatic rings. The fourth-order valence-corrected chi connectivity index (χ4v) is 2.05. The quantitative estimate of drug-likeness (QED) is 0.840. The minimum Gasteiger partial charge on any atom is -0.307 e. The Hall–Kier alpha value is -1.69.